The van der Waals surface area contributed by atoms with Gasteiger partial charge in [0.2, 0.25) is 5.43 Å². The Morgan fingerprint density at radius 1 is 1.10 bits per heavy atom. The van der Waals surface area contributed by atoms with Crippen molar-refractivity contribution in [2.24, 2.45) is 0 Å². The van der Waals surface area contributed by atoms with Gasteiger partial charge in [0.05, 0.1) is 15.6 Å². The first kappa shape index (κ1) is 29.1. The van der Waals surface area contributed by atoms with E-state index in [1.807, 2.05) is 4.90 Å². The van der Waals surface area contributed by atoms with Crippen LogP contribution in [0.25, 0.3) is 10.9 Å². The summed E-state index contributed by atoms with van der Waals surface area (Å²) in [4.78, 5) is 27.5. The molecule has 1 atom stereocenters. The Bertz CT molecular complexity index is 1440. The van der Waals surface area contributed by atoms with Gasteiger partial charge < -0.3 is 20.1 Å². The van der Waals surface area contributed by atoms with Gasteiger partial charge in [-0.3, -0.25) is 14.2 Å². The Balaban J connectivity index is 1.37. The molecule has 0 bridgehead atoms. The number of aliphatic hydroxyl groups is 1. The van der Waals surface area contributed by atoms with Gasteiger partial charge in [0.25, 0.3) is 5.91 Å². The van der Waals surface area contributed by atoms with Gasteiger partial charge in [-0.2, -0.15) is 0 Å². The number of carbonyl (C=O) groups excluding carboxylic acids is 1. The Morgan fingerprint density at radius 3 is 2.41 bits per heavy atom. The third kappa shape index (κ3) is 6.81. The Morgan fingerprint density at radius 2 is 1.77 bits per heavy atom. The molecule has 0 saturated carbocycles. The zero-order valence-corrected chi connectivity index (χ0v) is 21.6. The van der Waals surface area contributed by atoms with Gasteiger partial charge >= 0.3 is 6.30 Å². The molecular weight excluding hydrogens is 572 g/mol. The summed E-state index contributed by atoms with van der Waals surface area (Å²) in [6.45, 7) is 1.00. The standard InChI is InChI=1S/C25H22Cl2F5N3O4/c26-18-2-1-15(7-20(18)28)39-12-14(36)10-34-5-3-13(4-6-34)33-24(38)17-11-35(25(30,31)32)22-9-19(27)21(29)8-16(22)23(17)37/h1-2,7-9,11,13-14,36H,3-6,10,12H2,(H,33,38)/t14-/m0/s1. The largest absolute Gasteiger partial charge is 0.491 e. The van der Waals surface area contributed by atoms with Gasteiger partial charge in [-0.05, 0) is 37.1 Å². The average molecular weight is 594 g/mol. The predicted molar refractivity (Wildman–Crippen MR) is 134 cm³/mol. The van der Waals surface area contributed by atoms with Gasteiger partial charge in [0.1, 0.15) is 35.7 Å². The molecule has 1 aromatic heterocycles. The van der Waals surface area contributed by atoms with E-state index in [-0.39, 0.29) is 28.5 Å². The molecular formula is C25H22Cl2F5N3O4. The minimum atomic E-state index is -5.00. The second kappa shape index (κ2) is 11.7. The zero-order chi connectivity index (χ0) is 28.5. The normalized spacial score (nSPS) is 15.9. The Kier molecular flexibility index (Phi) is 8.69. The molecule has 1 saturated heterocycles. The number of fused-ring (bicyclic) bond motifs is 1. The number of ether oxygens (including phenoxy) is 1. The monoisotopic (exact) mass is 593 g/mol. The van der Waals surface area contributed by atoms with Gasteiger partial charge in [-0.15, -0.1) is 13.2 Å². The lowest BCUT2D eigenvalue weighted by atomic mass is 10.0. The molecule has 0 spiro atoms. The number of β-amino-alcohol motifs (C(OH)–C–C–N with tert-alkyl or cyclic N) is 1. The number of nitrogens with one attached hydrogen (secondary N) is 1. The molecule has 4 rings (SSSR count). The molecule has 2 N–H and O–H groups in total. The van der Waals surface area contributed by atoms with E-state index in [2.05, 4.69) is 5.32 Å². The lowest BCUT2D eigenvalue weighted by Crippen LogP contribution is -2.47. The second-order valence-electron chi connectivity index (χ2n) is 9.08. The predicted octanol–water partition coefficient (Wildman–Crippen LogP) is 4.70. The molecule has 2 heterocycles. The average Bonchev–Trinajstić information content (AvgIpc) is 2.86. The number of rotatable bonds is 7. The van der Waals surface area contributed by atoms with E-state index < -0.39 is 62.9 Å². The molecule has 0 radical (unpaired) electrons. The highest BCUT2D eigenvalue weighted by atomic mass is 35.5. The van der Waals surface area contributed by atoms with E-state index in [1.165, 1.54) is 12.1 Å². The molecule has 0 unspecified atom stereocenters. The number of aliphatic hydroxyl groups excluding tert-OH is 1. The summed E-state index contributed by atoms with van der Waals surface area (Å²) in [6, 6.07) is 4.73. The molecule has 1 aliphatic rings. The maximum atomic E-state index is 13.9. The summed E-state index contributed by atoms with van der Waals surface area (Å²) >= 11 is 11.2. The maximum Gasteiger partial charge on any atom is 0.488 e. The van der Waals surface area contributed by atoms with Crippen LogP contribution in [0.3, 0.4) is 0 Å². The molecule has 210 valence electrons. The number of hydrogen-bond acceptors (Lipinski definition) is 5. The number of likely N-dealkylation sites (tertiary alicyclic amines) is 1. The lowest BCUT2D eigenvalue weighted by Gasteiger charge is -2.33. The Hall–Kier alpha value is -2.93. The minimum absolute atomic E-state index is 0.0525. The lowest BCUT2D eigenvalue weighted by molar-refractivity contribution is -0.201. The molecule has 0 aliphatic carbocycles. The number of aromatic nitrogens is 1. The van der Waals surface area contributed by atoms with E-state index in [0.717, 1.165) is 6.07 Å². The number of benzene rings is 2. The summed E-state index contributed by atoms with van der Waals surface area (Å²) in [5, 5.41) is 11.6. The van der Waals surface area contributed by atoms with E-state index in [4.69, 9.17) is 27.9 Å². The smallest absolute Gasteiger partial charge is 0.488 e. The molecule has 2 aromatic carbocycles. The van der Waals surface area contributed by atoms with Crippen molar-refractivity contribution >= 4 is 40.0 Å². The van der Waals surface area contributed by atoms with Crippen LogP contribution in [-0.2, 0) is 6.30 Å². The SMILES string of the molecule is O=C(NC1CCN(C[C@H](O)COc2ccc(Cl)c(F)c2)CC1)c1cn(C(F)(F)F)c2cc(Cl)c(F)cc2c1=O. The third-order valence-corrected chi connectivity index (χ3v) is 6.88. The van der Waals surface area contributed by atoms with Crippen molar-refractivity contribution in [3.05, 3.63) is 74.0 Å². The van der Waals surface area contributed by atoms with Crippen molar-refractivity contribution < 1.29 is 36.6 Å². The summed E-state index contributed by atoms with van der Waals surface area (Å²) in [7, 11) is 0. The number of nitrogens with zero attached hydrogens (tertiary/aromatic N) is 2. The number of pyridine rings is 1. The highest BCUT2D eigenvalue weighted by Crippen LogP contribution is 2.29. The van der Waals surface area contributed by atoms with Crippen LogP contribution in [-0.4, -0.2) is 58.9 Å². The highest BCUT2D eigenvalue weighted by Gasteiger charge is 2.34. The van der Waals surface area contributed by atoms with Crippen LogP contribution in [0.4, 0.5) is 22.0 Å². The van der Waals surface area contributed by atoms with Crippen molar-refractivity contribution in [1.82, 2.24) is 14.8 Å². The van der Waals surface area contributed by atoms with Crippen molar-refractivity contribution in [3.8, 4) is 5.75 Å². The molecule has 39 heavy (non-hydrogen) atoms. The molecule has 1 aliphatic heterocycles. The molecule has 3 aromatic rings. The fraction of sp³-hybridized carbons (Fsp3) is 0.360. The molecule has 14 heteroatoms. The topological polar surface area (TPSA) is 83.8 Å². The van der Waals surface area contributed by atoms with Gasteiger partial charge in [-0.1, -0.05) is 23.2 Å². The van der Waals surface area contributed by atoms with Gasteiger partial charge in [-0.25, -0.2) is 8.78 Å². The number of piperidine rings is 1. The second-order valence-corrected chi connectivity index (χ2v) is 9.90. The van der Waals surface area contributed by atoms with E-state index in [0.29, 0.717) is 44.3 Å². The fourth-order valence-electron chi connectivity index (χ4n) is 4.32. The van der Waals surface area contributed by atoms with Crippen molar-refractivity contribution in [2.75, 3.05) is 26.2 Å². The first-order valence-electron chi connectivity index (χ1n) is 11.7. The zero-order valence-electron chi connectivity index (χ0n) is 20.1. The van der Waals surface area contributed by atoms with E-state index in [1.54, 1.807) is 0 Å². The van der Waals surface area contributed by atoms with Crippen LogP contribution >= 0.6 is 23.2 Å². The summed E-state index contributed by atoms with van der Waals surface area (Å²) < 4.78 is 73.5. The van der Waals surface area contributed by atoms with Gasteiger partial charge in [0.15, 0.2) is 0 Å². The highest BCUT2D eigenvalue weighted by molar-refractivity contribution is 6.31. The van der Waals surface area contributed by atoms with Crippen LogP contribution in [0.2, 0.25) is 10.0 Å². The molecule has 1 fully saturated rings. The number of alkyl halides is 3. The minimum Gasteiger partial charge on any atom is -0.491 e. The summed E-state index contributed by atoms with van der Waals surface area (Å²) in [5.41, 5.74) is -2.51. The third-order valence-electron chi connectivity index (χ3n) is 6.29. The number of carbonyl (C=O) groups is 1. The van der Waals surface area contributed by atoms with Crippen molar-refractivity contribution in [1.29, 1.82) is 0 Å². The fourth-order valence-corrected chi connectivity index (χ4v) is 4.60. The quantitative estimate of drug-likeness (QED) is 0.388. The van der Waals surface area contributed by atoms with E-state index >= 15 is 0 Å². The van der Waals surface area contributed by atoms with Crippen LogP contribution in [0.15, 0.2) is 41.3 Å². The van der Waals surface area contributed by atoms with Crippen LogP contribution in [0, 0.1) is 11.6 Å². The summed E-state index contributed by atoms with van der Waals surface area (Å²) in [5.74, 6) is -2.54. The first-order chi connectivity index (χ1) is 18.3. The van der Waals surface area contributed by atoms with Gasteiger partial charge in [0, 0.05) is 43.3 Å². The van der Waals surface area contributed by atoms with E-state index in [9.17, 15) is 36.6 Å². The maximum absolute atomic E-state index is 13.9. The van der Waals surface area contributed by atoms with Crippen LogP contribution in [0.1, 0.15) is 23.2 Å². The van der Waals surface area contributed by atoms with Crippen molar-refractivity contribution in [2.45, 2.75) is 31.3 Å². The first-order valence-corrected chi connectivity index (χ1v) is 12.5. The Labute approximate surface area is 228 Å². The molecule has 7 nitrogen and oxygen atoms in total. The van der Waals surface area contributed by atoms with Crippen LogP contribution in [0.5, 0.6) is 5.75 Å². The summed E-state index contributed by atoms with van der Waals surface area (Å²) in [6.07, 6.45) is -4.73. The van der Waals surface area contributed by atoms with Crippen molar-refractivity contribution in [3.63, 3.8) is 0 Å². The number of amides is 1. The molecule has 1 amide bonds. The number of hydrogen-bond donors (Lipinski definition) is 2. The number of halogens is 7. The van der Waals surface area contributed by atoms with Crippen LogP contribution < -0.4 is 15.5 Å².